The van der Waals surface area contributed by atoms with Gasteiger partial charge in [0.05, 0.1) is 11.5 Å². The van der Waals surface area contributed by atoms with Crippen molar-refractivity contribution in [2.45, 2.75) is 26.3 Å². The van der Waals surface area contributed by atoms with Gasteiger partial charge in [-0.05, 0) is 29.9 Å². The zero-order chi connectivity index (χ0) is 17.2. The molecule has 1 aromatic carbocycles. The SMILES string of the molecule is CCCNC(=NCc1ccc([N+](=O)[O-])cc1)NCCc1cccs1.I. The van der Waals surface area contributed by atoms with E-state index in [2.05, 4.69) is 40.1 Å². The molecular weight excluding hydrogens is 451 g/mol. The summed E-state index contributed by atoms with van der Waals surface area (Å²) in [6.45, 7) is 4.25. The molecule has 0 aliphatic rings. The molecule has 6 nitrogen and oxygen atoms in total. The molecule has 0 saturated carbocycles. The van der Waals surface area contributed by atoms with E-state index in [-0.39, 0.29) is 29.7 Å². The van der Waals surface area contributed by atoms with Crippen LogP contribution in [0.25, 0.3) is 0 Å². The van der Waals surface area contributed by atoms with E-state index in [1.807, 2.05) is 0 Å². The summed E-state index contributed by atoms with van der Waals surface area (Å²) in [6.07, 6.45) is 1.98. The summed E-state index contributed by atoms with van der Waals surface area (Å²) >= 11 is 1.75. The van der Waals surface area contributed by atoms with Crippen LogP contribution in [0.4, 0.5) is 5.69 Å². The number of aliphatic imine (C=N–C) groups is 1. The third-order valence-electron chi connectivity index (χ3n) is 3.35. The van der Waals surface area contributed by atoms with Crippen molar-refractivity contribution >= 4 is 47.0 Å². The molecule has 2 rings (SSSR count). The maximum absolute atomic E-state index is 10.7. The molecule has 25 heavy (non-hydrogen) atoms. The third-order valence-corrected chi connectivity index (χ3v) is 4.29. The zero-order valence-corrected chi connectivity index (χ0v) is 17.3. The number of nitro benzene ring substituents is 1. The Balaban J connectivity index is 0.00000312. The van der Waals surface area contributed by atoms with E-state index < -0.39 is 4.92 Å². The summed E-state index contributed by atoms with van der Waals surface area (Å²) < 4.78 is 0. The molecular formula is C17H23IN4O2S. The van der Waals surface area contributed by atoms with E-state index in [9.17, 15) is 10.1 Å². The number of nitro groups is 1. The normalized spacial score (nSPS) is 10.8. The first-order valence-electron chi connectivity index (χ1n) is 7.97. The number of rotatable bonds is 8. The average Bonchev–Trinajstić information content (AvgIpc) is 3.10. The lowest BCUT2D eigenvalue weighted by molar-refractivity contribution is -0.384. The first-order valence-corrected chi connectivity index (χ1v) is 8.85. The molecule has 0 radical (unpaired) electrons. The Morgan fingerprint density at radius 3 is 2.52 bits per heavy atom. The van der Waals surface area contributed by atoms with Gasteiger partial charge < -0.3 is 10.6 Å². The Labute approximate surface area is 168 Å². The lowest BCUT2D eigenvalue weighted by atomic mass is 10.2. The highest BCUT2D eigenvalue weighted by Crippen LogP contribution is 2.12. The third kappa shape index (κ3) is 7.82. The smallest absolute Gasteiger partial charge is 0.269 e. The standard InChI is InChI=1S/C17H22N4O2S.HI/c1-2-10-18-17(19-11-9-16-4-3-12-24-16)20-13-14-5-7-15(8-6-14)21(22)23;/h3-8,12H,2,9-11,13H2,1H3,(H2,18,19,20);1H. The van der Waals surface area contributed by atoms with Gasteiger partial charge in [-0.3, -0.25) is 10.1 Å². The molecule has 2 aromatic rings. The van der Waals surface area contributed by atoms with Crippen LogP contribution >= 0.6 is 35.3 Å². The molecule has 136 valence electrons. The van der Waals surface area contributed by atoms with Crippen LogP contribution in [-0.2, 0) is 13.0 Å². The fourth-order valence-corrected chi connectivity index (χ4v) is 2.78. The van der Waals surface area contributed by atoms with Crippen molar-refractivity contribution in [2.24, 2.45) is 4.99 Å². The van der Waals surface area contributed by atoms with Crippen LogP contribution in [0.2, 0.25) is 0 Å². The number of hydrogen-bond acceptors (Lipinski definition) is 4. The van der Waals surface area contributed by atoms with Crippen molar-refractivity contribution in [2.75, 3.05) is 13.1 Å². The van der Waals surface area contributed by atoms with Crippen LogP contribution < -0.4 is 10.6 Å². The van der Waals surface area contributed by atoms with E-state index in [0.29, 0.717) is 6.54 Å². The van der Waals surface area contributed by atoms with Gasteiger partial charge in [0.2, 0.25) is 0 Å². The molecule has 1 heterocycles. The van der Waals surface area contributed by atoms with Gasteiger partial charge in [0, 0.05) is 30.1 Å². The maximum atomic E-state index is 10.7. The number of thiophene rings is 1. The molecule has 0 saturated heterocycles. The van der Waals surface area contributed by atoms with Crippen LogP contribution in [-0.4, -0.2) is 24.0 Å². The van der Waals surface area contributed by atoms with Gasteiger partial charge in [-0.2, -0.15) is 0 Å². The molecule has 2 N–H and O–H groups in total. The highest BCUT2D eigenvalue weighted by atomic mass is 127. The molecule has 8 heteroatoms. The van der Waals surface area contributed by atoms with Crippen molar-refractivity contribution in [3.8, 4) is 0 Å². The Hall–Kier alpha value is -1.68. The fraction of sp³-hybridized carbons (Fsp3) is 0.353. The molecule has 0 atom stereocenters. The summed E-state index contributed by atoms with van der Waals surface area (Å²) in [7, 11) is 0. The van der Waals surface area contributed by atoms with Crippen molar-refractivity contribution in [1.29, 1.82) is 0 Å². The summed E-state index contributed by atoms with van der Waals surface area (Å²) in [5.74, 6) is 0.770. The summed E-state index contributed by atoms with van der Waals surface area (Å²) in [4.78, 5) is 16.2. The van der Waals surface area contributed by atoms with Crippen molar-refractivity contribution < 1.29 is 4.92 Å². The van der Waals surface area contributed by atoms with Gasteiger partial charge in [-0.1, -0.05) is 25.1 Å². The number of halogens is 1. The van der Waals surface area contributed by atoms with Crippen molar-refractivity contribution in [3.05, 3.63) is 62.3 Å². The van der Waals surface area contributed by atoms with Crippen LogP contribution in [0.1, 0.15) is 23.8 Å². The Morgan fingerprint density at radius 1 is 1.20 bits per heavy atom. The summed E-state index contributed by atoms with van der Waals surface area (Å²) in [5.41, 5.74) is 1.04. The molecule has 0 spiro atoms. The maximum Gasteiger partial charge on any atom is 0.269 e. The summed E-state index contributed by atoms with van der Waals surface area (Å²) in [5, 5.41) is 19.4. The molecule has 0 aliphatic carbocycles. The lowest BCUT2D eigenvalue weighted by Crippen LogP contribution is -2.38. The second-order valence-corrected chi connectivity index (χ2v) is 6.30. The summed E-state index contributed by atoms with van der Waals surface area (Å²) in [6, 6.07) is 10.7. The minimum atomic E-state index is -0.395. The highest BCUT2D eigenvalue weighted by molar-refractivity contribution is 14.0. The number of guanidine groups is 1. The number of hydrogen-bond donors (Lipinski definition) is 2. The fourth-order valence-electron chi connectivity index (χ4n) is 2.07. The van der Waals surface area contributed by atoms with Crippen LogP contribution in [0.15, 0.2) is 46.8 Å². The van der Waals surface area contributed by atoms with E-state index in [4.69, 9.17) is 0 Å². The predicted molar refractivity (Wildman–Crippen MR) is 114 cm³/mol. The number of nitrogens with one attached hydrogen (secondary N) is 2. The predicted octanol–water partition coefficient (Wildman–Crippen LogP) is 3.96. The minimum absolute atomic E-state index is 0. The second-order valence-electron chi connectivity index (χ2n) is 5.27. The molecule has 0 fully saturated rings. The Morgan fingerprint density at radius 2 is 1.92 bits per heavy atom. The molecule has 1 aromatic heterocycles. The van der Waals surface area contributed by atoms with Gasteiger partial charge >= 0.3 is 0 Å². The number of non-ortho nitro benzene ring substituents is 1. The highest BCUT2D eigenvalue weighted by Gasteiger charge is 2.04. The largest absolute Gasteiger partial charge is 0.356 e. The Bertz CT molecular complexity index is 660. The lowest BCUT2D eigenvalue weighted by Gasteiger charge is -2.11. The zero-order valence-electron chi connectivity index (χ0n) is 14.1. The van der Waals surface area contributed by atoms with Crippen LogP contribution in [0.5, 0.6) is 0 Å². The average molecular weight is 474 g/mol. The first kappa shape index (κ1) is 21.4. The molecule has 0 aliphatic heterocycles. The van der Waals surface area contributed by atoms with E-state index >= 15 is 0 Å². The first-order chi connectivity index (χ1) is 11.7. The van der Waals surface area contributed by atoms with Gasteiger partial charge in [0.25, 0.3) is 5.69 Å². The number of benzene rings is 1. The van der Waals surface area contributed by atoms with Gasteiger partial charge in [0.1, 0.15) is 0 Å². The van der Waals surface area contributed by atoms with Gasteiger partial charge in [-0.25, -0.2) is 4.99 Å². The second kappa shape index (κ2) is 11.8. The van der Waals surface area contributed by atoms with E-state index in [1.54, 1.807) is 23.5 Å². The topological polar surface area (TPSA) is 79.6 Å². The van der Waals surface area contributed by atoms with Crippen LogP contribution in [0, 0.1) is 10.1 Å². The van der Waals surface area contributed by atoms with Crippen molar-refractivity contribution in [1.82, 2.24) is 10.6 Å². The van der Waals surface area contributed by atoms with Crippen LogP contribution in [0.3, 0.4) is 0 Å². The monoisotopic (exact) mass is 474 g/mol. The van der Waals surface area contributed by atoms with Crippen molar-refractivity contribution in [3.63, 3.8) is 0 Å². The van der Waals surface area contributed by atoms with Gasteiger partial charge in [-0.15, -0.1) is 35.3 Å². The van der Waals surface area contributed by atoms with E-state index in [1.165, 1.54) is 17.0 Å². The number of nitrogens with zero attached hydrogens (tertiary/aromatic N) is 2. The Kier molecular flexibility index (Phi) is 10.1. The van der Waals surface area contributed by atoms with E-state index in [0.717, 1.165) is 37.5 Å². The quantitative estimate of drug-likeness (QED) is 0.200. The van der Waals surface area contributed by atoms with Gasteiger partial charge in [0.15, 0.2) is 5.96 Å². The minimum Gasteiger partial charge on any atom is -0.356 e. The molecule has 0 unspecified atom stereocenters. The molecule has 0 bridgehead atoms. The molecule has 0 amide bonds.